The normalized spacial score (nSPS) is 10.6. The fourth-order valence-electron chi connectivity index (χ4n) is 1.15. The summed E-state index contributed by atoms with van der Waals surface area (Å²) in [6, 6.07) is 1.76. The average Bonchev–Trinajstić information content (AvgIpc) is 2.34. The lowest BCUT2D eigenvalue weighted by Gasteiger charge is -2.10. The molecule has 0 spiro atoms. The van der Waals surface area contributed by atoms with Crippen LogP contribution in [0.1, 0.15) is 13.8 Å². The van der Waals surface area contributed by atoms with E-state index >= 15 is 0 Å². The molecule has 4 N–H and O–H groups in total. The third-order valence-electron chi connectivity index (χ3n) is 1.90. The topological polar surface area (TPSA) is 85.1 Å². The van der Waals surface area contributed by atoms with Crippen LogP contribution in [-0.4, -0.2) is 35.5 Å². The Balaban J connectivity index is 2.51. The van der Waals surface area contributed by atoms with Crippen LogP contribution < -0.4 is 16.6 Å². The second kappa shape index (κ2) is 7.31. The van der Waals surface area contributed by atoms with Crippen LogP contribution in [-0.2, 0) is 4.74 Å². The van der Waals surface area contributed by atoms with Crippen LogP contribution >= 0.6 is 11.8 Å². The smallest absolute Gasteiger partial charge is 0.191 e. The van der Waals surface area contributed by atoms with Gasteiger partial charge in [-0.1, -0.05) is 11.8 Å². The van der Waals surface area contributed by atoms with Gasteiger partial charge in [-0.05, 0) is 20.1 Å². The number of rotatable bonds is 7. The van der Waals surface area contributed by atoms with Crippen LogP contribution in [0.15, 0.2) is 11.2 Å². The molecule has 0 saturated heterocycles. The first-order chi connectivity index (χ1) is 8.15. The Morgan fingerprint density at radius 1 is 1.41 bits per heavy atom. The monoisotopic (exact) mass is 257 g/mol. The molecule has 0 radical (unpaired) electrons. The zero-order valence-electron chi connectivity index (χ0n) is 10.4. The van der Waals surface area contributed by atoms with Crippen molar-refractivity contribution in [3.8, 4) is 0 Å². The number of nitrogens with two attached hydrogens (primary N) is 1. The molecule has 0 aliphatic rings. The van der Waals surface area contributed by atoms with Crippen LogP contribution in [0.5, 0.6) is 0 Å². The lowest BCUT2D eigenvalue weighted by molar-refractivity contribution is 0.0870. The fourth-order valence-corrected chi connectivity index (χ4v) is 1.53. The van der Waals surface area contributed by atoms with Crippen LogP contribution in [0.25, 0.3) is 0 Å². The molecule has 0 aliphatic carbocycles. The minimum atomic E-state index is 0.241. The van der Waals surface area contributed by atoms with Gasteiger partial charge >= 0.3 is 0 Å². The Morgan fingerprint density at radius 3 is 2.71 bits per heavy atom. The van der Waals surface area contributed by atoms with Gasteiger partial charge in [-0.2, -0.15) is 0 Å². The molecule has 1 aromatic heterocycles. The average molecular weight is 257 g/mol. The summed E-state index contributed by atoms with van der Waals surface area (Å²) in [6.07, 6.45) is 2.16. The number of hydrazine groups is 1. The Morgan fingerprint density at radius 2 is 2.12 bits per heavy atom. The lowest BCUT2D eigenvalue weighted by Crippen LogP contribution is -2.15. The number of nitrogens with one attached hydrogen (secondary N) is 2. The maximum atomic E-state index is 5.43. The van der Waals surface area contributed by atoms with Gasteiger partial charge in [0.2, 0.25) is 0 Å². The predicted octanol–water partition coefficient (Wildman–Crippen LogP) is 1.32. The summed E-state index contributed by atoms with van der Waals surface area (Å²) in [7, 11) is 0. The molecule has 0 saturated carbocycles. The van der Waals surface area contributed by atoms with Crippen LogP contribution in [0, 0.1) is 0 Å². The van der Waals surface area contributed by atoms with E-state index in [0.717, 1.165) is 5.82 Å². The van der Waals surface area contributed by atoms with Crippen LogP contribution in [0.3, 0.4) is 0 Å². The molecule has 0 aromatic carbocycles. The number of thioether (sulfide) groups is 1. The number of nitrogen functional groups attached to an aromatic ring is 1. The van der Waals surface area contributed by atoms with E-state index in [4.69, 9.17) is 10.6 Å². The highest BCUT2D eigenvalue weighted by atomic mass is 32.2. The zero-order chi connectivity index (χ0) is 12.7. The standard InChI is InChI=1S/C10H19N5OS/c1-7(2)16-5-4-12-8-6-9(15-11)14-10(13-8)17-3/h6-7H,4-5,11H2,1-3H3,(H2,12,13,14,15). The highest BCUT2D eigenvalue weighted by Crippen LogP contribution is 2.16. The maximum Gasteiger partial charge on any atom is 0.191 e. The highest BCUT2D eigenvalue weighted by molar-refractivity contribution is 7.98. The van der Waals surface area contributed by atoms with Gasteiger partial charge in [-0.15, -0.1) is 0 Å². The van der Waals surface area contributed by atoms with E-state index < -0.39 is 0 Å². The minimum absolute atomic E-state index is 0.241. The molecule has 6 nitrogen and oxygen atoms in total. The Kier molecular flexibility index (Phi) is 6.03. The molecule has 0 amide bonds. The molecule has 0 fully saturated rings. The molecule has 7 heteroatoms. The maximum absolute atomic E-state index is 5.43. The van der Waals surface area contributed by atoms with Crippen molar-refractivity contribution in [2.24, 2.45) is 5.84 Å². The van der Waals surface area contributed by atoms with Gasteiger partial charge in [-0.3, -0.25) is 0 Å². The summed E-state index contributed by atoms with van der Waals surface area (Å²) >= 11 is 1.47. The minimum Gasteiger partial charge on any atom is -0.377 e. The summed E-state index contributed by atoms with van der Waals surface area (Å²) in [5.41, 5.74) is 2.52. The first-order valence-corrected chi connectivity index (χ1v) is 6.63. The molecular formula is C10H19N5OS. The summed E-state index contributed by atoms with van der Waals surface area (Å²) in [5, 5.41) is 3.84. The summed E-state index contributed by atoms with van der Waals surface area (Å²) in [4.78, 5) is 8.48. The summed E-state index contributed by atoms with van der Waals surface area (Å²) in [6.45, 7) is 5.36. The third kappa shape index (κ3) is 5.20. The molecule has 1 heterocycles. The SMILES string of the molecule is CSc1nc(NN)cc(NCCOC(C)C)n1. The van der Waals surface area contributed by atoms with Gasteiger partial charge in [0.15, 0.2) is 5.16 Å². The first-order valence-electron chi connectivity index (χ1n) is 5.41. The van der Waals surface area contributed by atoms with Gasteiger partial charge in [0, 0.05) is 12.6 Å². The molecule has 96 valence electrons. The molecule has 0 bridgehead atoms. The third-order valence-corrected chi connectivity index (χ3v) is 2.44. The van der Waals surface area contributed by atoms with Crippen molar-refractivity contribution in [2.45, 2.75) is 25.1 Å². The number of hydrogen-bond acceptors (Lipinski definition) is 7. The van der Waals surface area contributed by atoms with E-state index in [0.29, 0.717) is 24.1 Å². The quantitative estimate of drug-likeness (QED) is 0.223. The van der Waals surface area contributed by atoms with Crippen LogP contribution in [0.4, 0.5) is 11.6 Å². The van der Waals surface area contributed by atoms with Crippen molar-refractivity contribution >= 4 is 23.4 Å². The van der Waals surface area contributed by atoms with Crippen molar-refractivity contribution < 1.29 is 4.74 Å². The first kappa shape index (κ1) is 14.0. The van der Waals surface area contributed by atoms with Gasteiger partial charge in [0.25, 0.3) is 0 Å². The van der Waals surface area contributed by atoms with Crippen molar-refractivity contribution in [3.63, 3.8) is 0 Å². The number of anilines is 2. The molecule has 0 aliphatic heterocycles. The molecule has 1 aromatic rings. The van der Waals surface area contributed by atoms with E-state index in [1.54, 1.807) is 6.07 Å². The van der Waals surface area contributed by atoms with E-state index in [1.165, 1.54) is 11.8 Å². The summed E-state index contributed by atoms with van der Waals surface area (Å²) < 4.78 is 5.43. The zero-order valence-corrected chi connectivity index (χ0v) is 11.2. The Labute approximate surface area is 106 Å². The second-order valence-electron chi connectivity index (χ2n) is 3.62. The number of ether oxygens (including phenoxy) is 1. The number of aromatic nitrogens is 2. The van der Waals surface area contributed by atoms with Gasteiger partial charge < -0.3 is 15.5 Å². The Bertz CT molecular complexity index is 325. The van der Waals surface area contributed by atoms with Crippen molar-refractivity contribution in [1.29, 1.82) is 0 Å². The molecule has 0 atom stereocenters. The van der Waals surface area contributed by atoms with E-state index in [-0.39, 0.29) is 6.10 Å². The van der Waals surface area contributed by atoms with Gasteiger partial charge in [0.05, 0.1) is 12.7 Å². The number of hydrogen-bond donors (Lipinski definition) is 3. The van der Waals surface area contributed by atoms with Crippen LogP contribution in [0.2, 0.25) is 0 Å². The van der Waals surface area contributed by atoms with Crippen molar-refractivity contribution in [1.82, 2.24) is 9.97 Å². The number of nitrogens with zero attached hydrogens (tertiary/aromatic N) is 2. The van der Waals surface area contributed by atoms with Gasteiger partial charge in [0.1, 0.15) is 11.6 Å². The summed E-state index contributed by atoms with van der Waals surface area (Å²) in [5.74, 6) is 6.67. The van der Waals surface area contributed by atoms with Crippen molar-refractivity contribution in [2.75, 3.05) is 30.1 Å². The van der Waals surface area contributed by atoms with E-state index in [2.05, 4.69) is 20.7 Å². The molecular weight excluding hydrogens is 238 g/mol. The fraction of sp³-hybridized carbons (Fsp3) is 0.600. The van der Waals surface area contributed by atoms with Gasteiger partial charge in [-0.25, -0.2) is 15.8 Å². The van der Waals surface area contributed by atoms with E-state index in [1.807, 2.05) is 20.1 Å². The predicted molar refractivity (Wildman–Crippen MR) is 71.2 cm³/mol. The Hall–Kier alpha value is -1.05. The highest BCUT2D eigenvalue weighted by Gasteiger charge is 2.02. The second-order valence-corrected chi connectivity index (χ2v) is 4.39. The largest absolute Gasteiger partial charge is 0.377 e. The van der Waals surface area contributed by atoms with E-state index in [9.17, 15) is 0 Å². The van der Waals surface area contributed by atoms with Crippen molar-refractivity contribution in [3.05, 3.63) is 6.07 Å². The molecule has 17 heavy (non-hydrogen) atoms. The molecule has 0 unspecified atom stereocenters. The molecule has 1 rings (SSSR count). The lowest BCUT2D eigenvalue weighted by atomic mass is 10.5.